The van der Waals surface area contributed by atoms with Crippen molar-refractivity contribution in [2.45, 2.75) is 31.3 Å². The van der Waals surface area contributed by atoms with Crippen molar-refractivity contribution in [2.24, 2.45) is 5.92 Å². The summed E-state index contributed by atoms with van der Waals surface area (Å²) in [6.07, 6.45) is 1.78. The van der Waals surface area contributed by atoms with Gasteiger partial charge >= 0.3 is 5.97 Å². The molecule has 2 aliphatic heterocycles. The molecule has 1 aliphatic carbocycles. The van der Waals surface area contributed by atoms with Crippen molar-refractivity contribution >= 4 is 33.4 Å². The minimum atomic E-state index is -0.641. The average molecular weight is 494 g/mol. The van der Waals surface area contributed by atoms with Crippen LogP contribution in [0.4, 0.5) is 14.5 Å². The fourth-order valence-electron chi connectivity index (χ4n) is 4.30. The third kappa shape index (κ3) is 4.65. The van der Waals surface area contributed by atoms with Crippen LogP contribution in [-0.4, -0.2) is 37.6 Å². The van der Waals surface area contributed by atoms with Crippen LogP contribution < -0.4 is 5.32 Å². The molecular formula is C23H22BrF2NO4. The zero-order chi connectivity index (χ0) is 22.2. The minimum absolute atomic E-state index is 0.00476. The number of fused-ring (bicyclic) bond motifs is 1. The van der Waals surface area contributed by atoms with Crippen molar-refractivity contribution in [1.82, 2.24) is 0 Å². The van der Waals surface area contributed by atoms with Crippen LogP contribution in [0.15, 0.2) is 34.8 Å². The summed E-state index contributed by atoms with van der Waals surface area (Å²) in [7, 11) is 1.30. The van der Waals surface area contributed by atoms with Crippen LogP contribution in [0.2, 0.25) is 0 Å². The smallest absolute Gasteiger partial charge is 0.337 e. The van der Waals surface area contributed by atoms with Gasteiger partial charge in [0.25, 0.3) is 0 Å². The molecule has 0 spiro atoms. The Balaban J connectivity index is 1.51. The molecule has 2 saturated heterocycles. The molecular weight excluding hydrogens is 472 g/mol. The molecule has 31 heavy (non-hydrogen) atoms. The number of anilines is 1. The summed E-state index contributed by atoms with van der Waals surface area (Å²) in [5, 5.41) is 3.32. The van der Waals surface area contributed by atoms with Crippen molar-refractivity contribution < 1.29 is 27.8 Å². The summed E-state index contributed by atoms with van der Waals surface area (Å²) in [4.78, 5) is 24.6. The lowest BCUT2D eigenvalue weighted by atomic mass is 9.74. The highest BCUT2D eigenvalue weighted by atomic mass is 79.9. The number of methoxy groups -OCH3 is 1. The number of Topliss-reactive ketones (excluding diaryl/α,β-unsaturated/α-hetero) is 1. The number of hydrogen-bond acceptors (Lipinski definition) is 5. The van der Waals surface area contributed by atoms with Crippen molar-refractivity contribution in [3.63, 3.8) is 0 Å². The summed E-state index contributed by atoms with van der Waals surface area (Å²) in [6.45, 7) is 1.34. The first kappa shape index (κ1) is 21.9. The first-order valence-electron chi connectivity index (χ1n) is 10.0. The van der Waals surface area contributed by atoms with Crippen molar-refractivity contribution in [2.75, 3.05) is 25.6 Å². The lowest BCUT2D eigenvalue weighted by Gasteiger charge is -2.36. The van der Waals surface area contributed by atoms with Gasteiger partial charge in [0.05, 0.1) is 29.4 Å². The van der Waals surface area contributed by atoms with Gasteiger partial charge in [-0.05, 0) is 70.1 Å². The number of carbonyl (C=O) groups is 2. The molecule has 5 nitrogen and oxygen atoms in total. The summed E-state index contributed by atoms with van der Waals surface area (Å²) in [5.74, 6) is -1.40. The predicted molar refractivity (Wildman–Crippen MR) is 114 cm³/mol. The molecule has 5 rings (SSSR count). The molecule has 3 fully saturated rings. The highest BCUT2D eigenvalue weighted by Crippen LogP contribution is 2.48. The van der Waals surface area contributed by atoms with Gasteiger partial charge in [-0.1, -0.05) is 6.07 Å². The first-order chi connectivity index (χ1) is 14.8. The molecule has 2 heterocycles. The van der Waals surface area contributed by atoms with E-state index in [0.717, 1.165) is 31.6 Å². The maximum absolute atomic E-state index is 14.1. The Morgan fingerprint density at radius 2 is 1.90 bits per heavy atom. The maximum atomic E-state index is 14.1. The van der Waals surface area contributed by atoms with E-state index in [9.17, 15) is 18.4 Å². The van der Waals surface area contributed by atoms with E-state index in [1.807, 2.05) is 0 Å². The second kappa shape index (κ2) is 8.67. The van der Waals surface area contributed by atoms with Crippen LogP contribution in [-0.2, 0) is 27.1 Å². The number of benzene rings is 2. The SMILES string of the molecule is COC(=O)c1ccc(CC(=O)Cc2cc(F)c(Br)cc2F)c(NCC23CC(CO2)C3)c1. The Hall–Kier alpha value is -2.32. The van der Waals surface area contributed by atoms with Gasteiger partial charge in [0, 0.05) is 25.1 Å². The van der Waals surface area contributed by atoms with E-state index in [-0.39, 0.29) is 34.3 Å². The normalized spacial score (nSPS) is 21.5. The van der Waals surface area contributed by atoms with Gasteiger partial charge in [0.2, 0.25) is 0 Å². The van der Waals surface area contributed by atoms with E-state index in [1.165, 1.54) is 7.11 Å². The molecule has 0 amide bonds. The molecule has 164 valence electrons. The van der Waals surface area contributed by atoms with Crippen LogP contribution in [0.25, 0.3) is 0 Å². The number of esters is 1. The van der Waals surface area contributed by atoms with Gasteiger partial charge in [0.1, 0.15) is 17.4 Å². The lowest BCUT2D eigenvalue weighted by molar-refractivity contribution is -0.117. The monoisotopic (exact) mass is 493 g/mol. The summed E-state index contributed by atoms with van der Waals surface area (Å²) in [6, 6.07) is 6.96. The number of halogens is 3. The Kier molecular flexibility index (Phi) is 6.12. The van der Waals surface area contributed by atoms with Crippen LogP contribution in [0, 0.1) is 17.6 Å². The molecule has 3 aliphatic rings. The highest BCUT2D eigenvalue weighted by molar-refractivity contribution is 9.10. The van der Waals surface area contributed by atoms with Crippen molar-refractivity contribution in [1.29, 1.82) is 0 Å². The Morgan fingerprint density at radius 3 is 2.58 bits per heavy atom. The molecule has 0 unspecified atom stereocenters. The second-order valence-corrected chi connectivity index (χ2v) is 9.09. The average Bonchev–Trinajstić information content (AvgIpc) is 3.32. The molecule has 8 heteroatoms. The Bertz CT molecular complexity index is 1030. The molecule has 0 aromatic heterocycles. The topological polar surface area (TPSA) is 64.6 Å². The Morgan fingerprint density at radius 1 is 1.16 bits per heavy atom. The lowest BCUT2D eigenvalue weighted by Crippen LogP contribution is -2.43. The van der Waals surface area contributed by atoms with E-state index < -0.39 is 17.6 Å². The molecule has 0 atom stereocenters. The van der Waals surface area contributed by atoms with E-state index in [0.29, 0.717) is 29.3 Å². The maximum Gasteiger partial charge on any atom is 0.337 e. The summed E-state index contributed by atoms with van der Waals surface area (Å²) < 4.78 is 38.5. The molecule has 2 aromatic rings. The second-order valence-electron chi connectivity index (χ2n) is 8.24. The van der Waals surface area contributed by atoms with Gasteiger partial charge in [-0.3, -0.25) is 4.79 Å². The number of ether oxygens (including phenoxy) is 2. The fourth-order valence-corrected chi connectivity index (χ4v) is 4.62. The molecule has 1 saturated carbocycles. The van der Waals surface area contributed by atoms with Gasteiger partial charge in [-0.25, -0.2) is 13.6 Å². The zero-order valence-corrected chi connectivity index (χ0v) is 18.6. The number of rotatable bonds is 8. The standard InChI is InChI=1S/C23H22BrF2NO4/c1-30-22(29)15-3-2-14(21(7-15)27-12-23-9-13(10-23)11-31-23)4-17(28)5-16-6-20(26)18(24)8-19(16)25/h2-3,6-8,13,27H,4-5,9-12H2,1H3. The zero-order valence-electron chi connectivity index (χ0n) is 17.0. The molecule has 2 bridgehead atoms. The number of nitrogens with one attached hydrogen (secondary N) is 1. The number of ketones is 1. The van der Waals surface area contributed by atoms with Crippen LogP contribution in [0.1, 0.15) is 34.3 Å². The minimum Gasteiger partial charge on any atom is -0.465 e. The summed E-state index contributed by atoms with van der Waals surface area (Å²) >= 11 is 2.93. The number of carbonyl (C=O) groups excluding carboxylic acids is 2. The van der Waals surface area contributed by atoms with Gasteiger partial charge in [-0.15, -0.1) is 0 Å². The fraction of sp³-hybridized carbons (Fsp3) is 0.391. The largest absolute Gasteiger partial charge is 0.465 e. The van der Waals surface area contributed by atoms with Gasteiger partial charge in [0.15, 0.2) is 0 Å². The van der Waals surface area contributed by atoms with Gasteiger partial charge in [-0.2, -0.15) is 0 Å². The first-order valence-corrected chi connectivity index (χ1v) is 10.8. The van der Waals surface area contributed by atoms with Gasteiger partial charge < -0.3 is 14.8 Å². The van der Waals surface area contributed by atoms with Crippen LogP contribution >= 0.6 is 15.9 Å². The van der Waals surface area contributed by atoms with Crippen molar-refractivity contribution in [3.8, 4) is 0 Å². The predicted octanol–water partition coefficient (Wildman–Crippen LogP) is 4.46. The van der Waals surface area contributed by atoms with Crippen LogP contribution in [0.3, 0.4) is 0 Å². The van der Waals surface area contributed by atoms with E-state index in [2.05, 4.69) is 21.2 Å². The highest BCUT2D eigenvalue weighted by Gasteiger charge is 2.51. The molecule has 2 aromatic carbocycles. The Labute approximate surface area is 187 Å². The van der Waals surface area contributed by atoms with Crippen molar-refractivity contribution in [3.05, 3.63) is 63.1 Å². The summed E-state index contributed by atoms with van der Waals surface area (Å²) in [5.41, 5.74) is 1.47. The van der Waals surface area contributed by atoms with E-state index >= 15 is 0 Å². The molecule has 0 radical (unpaired) electrons. The van der Waals surface area contributed by atoms with Crippen LogP contribution in [0.5, 0.6) is 0 Å². The quantitative estimate of drug-likeness (QED) is 0.434. The third-order valence-corrected chi connectivity index (χ3v) is 6.55. The molecule has 1 N–H and O–H groups in total. The third-order valence-electron chi connectivity index (χ3n) is 5.94. The van der Waals surface area contributed by atoms with E-state index in [4.69, 9.17) is 9.47 Å². The van der Waals surface area contributed by atoms with E-state index in [1.54, 1.807) is 18.2 Å². The number of hydrogen-bond donors (Lipinski definition) is 1.